The molecule has 2 heterocycles. The van der Waals surface area contributed by atoms with E-state index in [-0.39, 0.29) is 40.9 Å². The lowest BCUT2D eigenvalue weighted by molar-refractivity contribution is -0.137. The highest BCUT2D eigenvalue weighted by Crippen LogP contribution is 2.30. The molecule has 152 valence electrons. The van der Waals surface area contributed by atoms with Gasteiger partial charge in [-0.05, 0) is 49.4 Å². The molecule has 3 rings (SSSR count). The van der Waals surface area contributed by atoms with Gasteiger partial charge in [0.2, 0.25) is 15.9 Å². The number of hydrogen-bond acceptors (Lipinski definition) is 4. The number of thiophene rings is 1. The SMILES string of the molecule is CC(c1cccs1)N(C)C(=O)C1CCN(S(=O)(=O)c2ccc(F)c(Cl)c2)CC1. The molecular weight excluding hydrogens is 423 g/mol. The number of rotatable bonds is 5. The second kappa shape index (κ2) is 8.49. The number of hydrogen-bond donors (Lipinski definition) is 0. The summed E-state index contributed by atoms with van der Waals surface area (Å²) in [6.45, 7) is 2.48. The Morgan fingerprint density at radius 2 is 2.00 bits per heavy atom. The normalized spacial score (nSPS) is 17.4. The van der Waals surface area contributed by atoms with Crippen LogP contribution >= 0.6 is 22.9 Å². The summed E-state index contributed by atoms with van der Waals surface area (Å²) in [5.41, 5.74) is 0. The van der Waals surface area contributed by atoms with E-state index in [1.54, 1.807) is 23.3 Å². The summed E-state index contributed by atoms with van der Waals surface area (Å²) >= 11 is 7.33. The predicted molar refractivity (Wildman–Crippen MR) is 108 cm³/mol. The van der Waals surface area contributed by atoms with E-state index in [9.17, 15) is 17.6 Å². The van der Waals surface area contributed by atoms with Gasteiger partial charge < -0.3 is 4.90 Å². The zero-order valence-electron chi connectivity index (χ0n) is 15.6. The molecule has 0 spiro atoms. The van der Waals surface area contributed by atoms with Crippen LogP contribution in [-0.2, 0) is 14.8 Å². The van der Waals surface area contributed by atoms with E-state index < -0.39 is 15.8 Å². The summed E-state index contributed by atoms with van der Waals surface area (Å²) in [5.74, 6) is -0.841. The lowest BCUT2D eigenvalue weighted by Gasteiger charge is -2.34. The number of piperidine rings is 1. The number of carbonyl (C=O) groups is 1. The average Bonchev–Trinajstić information content (AvgIpc) is 3.23. The standard InChI is InChI=1S/C19H22ClFN2O3S2/c1-13(18-4-3-11-27-18)22(2)19(24)14-7-9-23(10-8-14)28(25,26)15-5-6-17(21)16(20)12-15/h3-6,11-14H,7-10H2,1-2H3. The molecule has 0 saturated carbocycles. The van der Waals surface area contributed by atoms with Gasteiger partial charge in [0.1, 0.15) is 5.82 Å². The van der Waals surface area contributed by atoms with Gasteiger partial charge >= 0.3 is 0 Å². The third-order valence-corrected chi connectivity index (χ3v) is 8.44. The zero-order chi connectivity index (χ0) is 20.5. The molecule has 1 aliphatic heterocycles. The van der Waals surface area contributed by atoms with Gasteiger partial charge in [0.15, 0.2) is 0 Å². The van der Waals surface area contributed by atoms with Crippen LogP contribution in [0.5, 0.6) is 0 Å². The van der Waals surface area contributed by atoms with E-state index in [1.807, 2.05) is 24.4 Å². The van der Waals surface area contributed by atoms with Gasteiger partial charge in [-0.3, -0.25) is 4.79 Å². The Kier molecular flexibility index (Phi) is 6.44. The van der Waals surface area contributed by atoms with Crippen molar-refractivity contribution in [3.8, 4) is 0 Å². The minimum atomic E-state index is -3.76. The van der Waals surface area contributed by atoms with Crippen LogP contribution in [-0.4, -0.2) is 43.7 Å². The van der Waals surface area contributed by atoms with Crippen molar-refractivity contribution in [1.82, 2.24) is 9.21 Å². The Balaban J connectivity index is 1.65. The fourth-order valence-corrected chi connectivity index (χ4v) is 5.90. The second-order valence-electron chi connectivity index (χ2n) is 6.89. The molecule has 1 saturated heterocycles. The van der Waals surface area contributed by atoms with Crippen molar-refractivity contribution in [1.29, 1.82) is 0 Å². The third-order valence-electron chi connectivity index (χ3n) is 5.22. The first-order valence-electron chi connectivity index (χ1n) is 8.97. The Hall–Kier alpha value is -1.48. The summed E-state index contributed by atoms with van der Waals surface area (Å²) in [7, 11) is -1.98. The number of sulfonamides is 1. The summed E-state index contributed by atoms with van der Waals surface area (Å²) in [6.07, 6.45) is 0.906. The number of carbonyl (C=O) groups excluding carboxylic acids is 1. The van der Waals surface area contributed by atoms with Crippen LogP contribution in [0.4, 0.5) is 4.39 Å². The van der Waals surface area contributed by atoms with Crippen molar-refractivity contribution < 1.29 is 17.6 Å². The molecule has 0 N–H and O–H groups in total. The topological polar surface area (TPSA) is 57.7 Å². The highest BCUT2D eigenvalue weighted by Gasteiger charge is 2.34. The minimum Gasteiger partial charge on any atom is -0.338 e. The van der Waals surface area contributed by atoms with Crippen LogP contribution in [0, 0.1) is 11.7 Å². The van der Waals surface area contributed by atoms with Crippen molar-refractivity contribution in [2.45, 2.75) is 30.7 Å². The lowest BCUT2D eigenvalue weighted by Crippen LogP contribution is -2.43. The van der Waals surface area contributed by atoms with Crippen LogP contribution in [0.1, 0.15) is 30.7 Å². The van der Waals surface area contributed by atoms with Crippen molar-refractivity contribution in [3.63, 3.8) is 0 Å². The highest BCUT2D eigenvalue weighted by molar-refractivity contribution is 7.89. The molecule has 1 aliphatic rings. The van der Waals surface area contributed by atoms with E-state index in [0.29, 0.717) is 12.8 Å². The number of nitrogens with zero attached hydrogens (tertiary/aromatic N) is 2. The average molecular weight is 445 g/mol. The maximum Gasteiger partial charge on any atom is 0.243 e. The molecule has 1 aromatic carbocycles. The highest BCUT2D eigenvalue weighted by atomic mass is 35.5. The van der Waals surface area contributed by atoms with Gasteiger partial charge in [-0.15, -0.1) is 11.3 Å². The molecular formula is C19H22ClFN2O3S2. The summed E-state index contributed by atoms with van der Waals surface area (Å²) in [4.78, 5) is 15.7. The molecule has 1 aromatic heterocycles. The Bertz CT molecular complexity index is 942. The Morgan fingerprint density at radius 3 is 2.57 bits per heavy atom. The first-order chi connectivity index (χ1) is 13.2. The summed E-state index contributed by atoms with van der Waals surface area (Å²) in [5, 5.41) is 1.75. The quantitative estimate of drug-likeness (QED) is 0.695. The second-order valence-corrected chi connectivity index (χ2v) is 10.2. The minimum absolute atomic E-state index is 0.0179. The molecule has 2 aromatic rings. The van der Waals surface area contributed by atoms with E-state index in [0.717, 1.165) is 17.0 Å². The molecule has 5 nitrogen and oxygen atoms in total. The van der Waals surface area contributed by atoms with Crippen LogP contribution in [0.3, 0.4) is 0 Å². The van der Waals surface area contributed by atoms with Gasteiger partial charge in [-0.25, -0.2) is 12.8 Å². The Morgan fingerprint density at radius 1 is 1.32 bits per heavy atom. The van der Waals surface area contributed by atoms with Crippen LogP contribution in [0.15, 0.2) is 40.6 Å². The predicted octanol–water partition coefficient (Wildman–Crippen LogP) is 4.16. The van der Waals surface area contributed by atoms with E-state index >= 15 is 0 Å². The molecule has 1 amide bonds. The van der Waals surface area contributed by atoms with E-state index in [4.69, 9.17) is 11.6 Å². The van der Waals surface area contributed by atoms with Crippen molar-refractivity contribution >= 4 is 38.9 Å². The molecule has 1 atom stereocenters. The van der Waals surface area contributed by atoms with Gasteiger partial charge in [0.05, 0.1) is 16.0 Å². The van der Waals surface area contributed by atoms with E-state index in [2.05, 4.69) is 0 Å². The molecule has 9 heteroatoms. The number of halogens is 2. The van der Waals surface area contributed by atoms with Gasteiger partial charge in [0.25, 0.3) is 0 Å². The fourth-order valence-electron chi connectivity index (χ4n) is 3.33. The fraction of sp³-hybridized carbons (Fsp3) is 0.421. The zero-order valence-corrected chi connectivity index (χ0v) is 18.0. The first-order valence-corrected chi connectivity index (χ1v) is 11.7. The molecule has 0 aliphatic carbocycles. The first kappa shape index (κ1) is 21.2. The van der Waals surface area contributed by atoms with Crippen LogP contribution < -0.4 is 0 Å². The van der Waals surface area contributed by atoms with Crippen molar-refractivity contribution in [3.05, 3.63) is 51.4 Å². The molecule has 1 fully saturated rings. The smallest absolute Gasteiger partial charge is 0.243 e. The lowest BCUT2D eigenvalue weighted by atomic mass is 9.96. The van der Waals surface area contributed by atoms with Crippen molar-refractivity contribution in [2.75, 3.05) is 20.1 Å². The summed E-state index contributed by atoms with van der Waals surface area (Å²) < 4.78 is 40.2. The summed E-state index contributed by atoms with van der Waals surface area (Å²) in [6, 6.07) is 7.33. The monoisotopic (exact) mass is 444 g/mol. The number of amides is 1. The van der Waals surface area contributed by atoms with Crippen LogP contribution in [0.25, 0.3) is 0 Å². The van der Waals surface area contributed by atoms with Gasteiger partial charge in [-0.1, -0.05) is 17.7 Å². The molecule has 28 heavy (non-hydrogen) atoms. The maximum absolute atomic E-state index is 13.3. The molecule has 1 unspecified atom stereocenters. The Labute approximate surface area is 173 Å². The van der Waals surface area contributed by atoms with Crippen molar-refractivity contribution in [2.24, 2.45) is 5.92 Å². The largest absolute Gasteiger partial charge is 0.338 e. The van der Waals surface area contributed by atoms with Gasteiger partial charge in [0, 0.05) is 30.9 Å². The van der Waals surface area contributed by atoms with Gasteiger partial charge in [-0.2, -0.15) is 4.31 Å². The van der Waals surface area contributed by atoms with Crippen LogP contribution in [0.2, 0.25) is 5.02 Å². The molecule has 0 bridgehead atoms. The third kappa shape index (κ3) is 4.25. The number of benzene rings is 1. The van der Waals surface area contributed by atoms with E-state index in [1.165, 1.54) is 10.4 Å². The molecule has 0 radical (unpaired) electrons. The maximum atomic E-state index is 13.3.